The quantitative estimate of drug-likeness (QED) is 0.604. The number of hydrogen-bond donors (Lipinski definition) is 0. The number of aromatic nitrogens is 1. The highest BCUT2D eigenvalue weighted by atomic mass is 35.5. The van der Waals surface area contributed by atoms with Gasteiger partial charge in [-0.3, -0.25) is 0 Å². The van der Waals surface area contributed by atoms with Gasteiger partial charge < -0.3 is 0 Å². The van der Waals surface area contributed by atoms with Crippen LogP contribution in [0.25, 0.3) is 5.57 Å². The molecule has 0 spiro atoms. The van der Waals surface area contributed by atoms with Crippen molar-refractivity contribution >= 4 is 17.2 Å². The van der Waals surface area contributed by atoms with Gasteiger partial charge in [-0.05, 0) is 38.5 Å². The van der Waals surface area contributed by atoms with Crippen LogP contribution >= 0.6 is 11.6 Å². The summed E-state index contributed by atoms with van der Waals surface area (Å²) in [6.07, 6.45) is 0. The summed E-state index contributed by atoms with van der Waals surface area (Å²) >= 11 is 5.76. The molecule has 0 bridgehead atoms. The van der Waals surface area contributed by atoms with Crippen molar-refractivity contribution in [2.75, 3.05) is 0 Å². The molecule has 0 radical (unpaired) electrons. The zero-order valence-corrected chi connectivity index (χ0v) is 8.31. The minimum atomic E-state index is 0.549. The topological polar surface area (TPSA) is 12.9 Å². The second-order valence-corrected chi connectivity index (χ2v) is 3.36. The van der Waals surface area contributed by atoms with Crippen molar-refractivity contribution in [3.63, 3.8) is 0 Å². The van der Waals surface area contributed by atoms with Gasteiger partial charge in [0, 0.05) is 0 Å². The van der Waals surface area contributed by atoms with Gasteiger partial charge in [0.05, 0.1) is 5.69 Å². The number of pyridine rings is 1. The fourth-order valence-electron chi connectivity index (χ4n) is 0.873. The first-order chi connectivity index (χ1) is 5.61. The van der Waals surface area contributed by atoms with Crippen molar-refractivity contribution in [1.82, 2.24) is 4.98 Å². The van der Waals surface area contributed by atoms with Crippen molar-refractivity contribution in [1.29, 1.82) is 0 Å². The number of allylic oxidation sites excluding steroid dienone is 2. The summed E-state index contributed by atoms with van der Waals surface area (Å²) in [5.74, 6) is 0. The lowest BCUT2D eigenvalue weighted by Crippen LogP contribution is -1.87. The summed E-state index contributed by atoms with van der Waals surface area (Å²) < 4.78 is 0. The number of hydrogen-bond acceptors (Lipinski definition) is 1. The lowest BCUT2D eigenvalue weighted by molar-refractivity contribution is 1.24. The van der Waals surface area contributed by atoms with Crippen LogP contribution in [0.4, 0.5) is 0 Å². The van der Waals surface area contributed by atoms with E-state index in [0.29, 0.717) is 5.15 Å². The lowest BCUT2D eigenvalue weighted by atomic mass is 10.1. The van der Waals surface area contributed by atoms with Gasteiger partial charge in [-0.2, -0.15) is 0 Å². The summed E-state index contributed by atoms with van der Waals surface area (Å²) in [4.78, 5) is 4.20. The van der Waals surface area contributed by atoms with Crippen LogP contribution in [0.2, 0.25) is 5.15 Å². The van der Waals surface area contributed by atoms with E-state index in [-0.39, 0.29) is 0 Å². The van der Waals surface area contributed by atoms with Crippen LogP contribution in [0.3, 0.4) is 0 Å². The summed E-state index contributed by atoms with van der Waals surface area (Å²) in [6, 6.07) is 5.66. The Morgan fingerprint density at radius 1 is 1.25 bits per heavy atom. The van der Waals surface area contributed by atoms with Crippen molar-refractivity contribution in [2.45, 2.75) is 20.8 Å². The lowest BCUT2D eigenvalue weighted by Gasteiger charge is -2.02. The molecule has 2 heteroatoms. The number of rotatable bonds is 1. The third kappa shape index (κ3) is 2.08. The molecule has 0 saturated heterocycles. The molecule has 0 unspecified atom stereocenters. The van der Waals surface area contributed by atoms with Crippen LogP contribution in [0, 0.1) is 0 Å². The van der Waals surface area contributed by atoms with Gasteiger partial charge in [0.15, 0.2) is 0 Å². The molecule has 0 amide bonds. The minimum absolute atomic E-state index is 0.549. The highest BCUT2D eigenvalue weighted by Crippen LogP contribution is 2.16. The first-order valence-corrected chi connectivity index (χ1v) is 4.26. The van der Waals surface area contributed by atoms with Gasteiger partial charge >= 0.3 is 0 Å². The zero-order valence-electron chi connectivity index (χ0n) is 7.56. The third-order valence-corrected chi connectivity index (χ3v) is 2.06. The number of nitrogens with zero attached hydrogens (tertiary/aromatic N) is 1. The van der Waals surface area contributed by atoms with Crippen molar-refractivity contribution < 1.29 is 0 Å². The molecule has 0 aliphatic carbocycles. The molecule has 0 atom stereocenters. The zero-order chi connectivity index (χ0) is 9.14. The fourth-order valence-corrected chi connectivity index (χ4v) is 1.04. The Kier molecular flexibility index (Phi) is 2.88. The van der Waals surface area contributed by atoms with Crippen molar-refractivity contribution in [2.24, 2.45) is 0 Å². The summed E-state index contributed by atoms with van der Waals surface area (Å²) in [5.41, 5.74) is 3.42. The first-order valence-electron chi connectivity index (χ1n) is 3.88. The molecule has 1 aromatic rings. The molecule has 1 rings (SSSR count). The fraction of sp³-hybridized carbons (Fsp3) is 0.300. The van der Waals surface area contributed by atoms with E-state index >= 15 is 0 Å². The van der Waals surface area contributed by atoms with E-state index in [9.17, 15) is 0 Å². The van der Waals surface area contributed by atoms with Crippen LogP contribution in [0.15, 0.2) is 23.8 Å². The highest BCUT2D eigenvalue weighted by Gasteiger charge is 1.98. The molecule has 0 aliphatic rings. The Morgan fingerprint density at radius 2 is 1.92 bits per heavy atom. The molecule has 1 nitrogen and oxygen atoms in total. The largest absolute Gasteiger partial charge is 0.236 e. The second kappa shape index (κ2) is 3.72. The smallest absolute Gasteiger partial charge is 0.129 e. The molecular formula is C10H12ClN. The predicted octanol–water partition coefficient (Wildman–Crippen LogP) is 3.55. The van der Waals surface area contributed by atoms with E-state index in [4.69, 9.17) is 11.6 Å². The maximum absolute atomic E-state index is 5.76. The maximum Gasteiger partial charge on any atom is 0.129 e. The maximum atomic E-state index is 5.76. The molecule has 1 heterocycles. The molecule has 0 fully saturated rings. The standard InChI is InChI=1S/C10H12ClN/c1-7(2)8(3)9-5-4-6-10(11)12-9/h4-6H,1-3H3. The minimum Gasteiger partial charge on any atom is -0.236 e. The van der Waals surface area contributed by atoms with Gasteiger partial charge in [-0.1, -0.05) is 23.2 Å². The van der Waals surface area contributed by atoms with E-state index in [2.05, 4.69) is 18.8 Å². The van der Waals surface area contributed by atoms with Crippen LogP contribution < -0.4 is 0 Å². The molecule has 0 aromatic carbocycles. The van der Waals surface area contributed by atoms with Gasteiger partial charge in [-0.15, -0.1) is 0 Å². The van der Waals surface area contributed by atoms with Gasteiger partial charge in [0.25, 0.3) is 0 Å². The molecule has 12 heavy (non-hydrogen) atoms. The van der Waals surface area contributed by atoms with E-state index in [1.165, 1.54) is 11.1 Å². The van der Waals surface area contributed by atoms with Gasteiger partial charge in [0.1, 0.15) is 5.15 Å². The molecule has 0 aliphatic heterocycles. The average molecular weight is 182 g/mol. The van der Waals surface area contributed by atoms with Crippen molar-refractivity contribution in [3.8, 4) is 0 Å². The van der Waals surface area contributed by atoms with Crippen LogP contribution in [0.5, 0.6) is 0 Å². The summed E-state index contributed by atoms with van der Waals surface area (Å²) in [5, 5.41) is 0.549. The van der Waals surface area contributed by atoms with E-state index in [1.54, 1.807) is 6.07 Å². The third-order valence-electron chi connectivity index (χ3n) is 1.85. The summed E-state index contributed by atoms with van der Waals surface area (Å²) in [7, 11) is 0. The Bertz CT molecular complexity index is 311. The van der Waals surface area contributed by atoms with E-state index in [1.807, 2.05) is 19.1 Å². The van der Waals surface area contributed by atoms with E-state index < -0.39 is 0 Å². The average Bonchev–Trinajstić information content (AvgIpc) is 2.03. The predicted molar refractivity (Wildman–Crippen MR) is 53.2 cm³/mol. The highest BCUT2D eigenvalue weighted by molar-refractivity contribution is 6.29. The van der Waals surface area contributed by atoms with Crippen LogP contribution in [-0.4, -0.2) is 4.98 Å². The Hall–Kier alpha value is -0.820. The Morgan fingerprint density at radius 3 is 2.42 bits per heavy atom. The monoisotopic (exact) mass is 181 g/mol. The van der Waals surface area contributed by atoms with Gasteiger partial charge in [0.2, 0.25) is 0 Å². The molecule has 0 N–H and O–H groups in total. The first kappa shape index (κ1) is 9.27. The molecule has 1 aromatic heterocycles. The molecule has 0 saturated carbocycles. The number of halogens is 1. The van der Waals surface area contributed by atoms with Crippen LogP contribution in [-0.2, 0) is 0 Å². The van der Waals surface area contributed by atoms with Crippen molar-refractivity contribution in [3.05, 3.63) is 34.6 Å². The van der Waals surface area contributed by atoms with E-state index in [0.717, 1.165) is 5.69 Å². The molecular weight excluding hydrogens is 170 g/mol. The molecule has 64 valence electrons. The van der Waals surface area contributed by atoms with Gasteiger partial charge in [-0.25, -0.2) is 4.98 Å². The Balaban J connectivity index is 3.13. The normalized spacial score (nSPS) is 9.67. The second-order valence-electron chi connectivity index (χ2n) is 2.97. The van der Waals surface area contributed by atoms with Crippen LogP contribution in [0.1, 0.15) is 26.5 Å². The summed E-state index contributed by atoms with van der Waals surface area (Å²) in [6.45, 7) is 6.18. The Labute approximate surface area is 78.1 Å². The SMILES string of the molecule is CC(C)=C(C)c1cccc(Cl)n1.